The Morgan fingerprint density at radius 1 is 1.47 bits per heavy atom. The average Bonchev–Trinajstić information content (AvgIpc) is 2.60. The van der Waals surface area contributed by atoms with Gasteiger partial charge >= 0.3 is 6.09 Å². The van der Waals surface area contributed by atoms with E-state index in [9.17, 15) is 4.79 Å². The lowest BCUT2D eigenvalue weighted by atomic mass is 10.1. The van der Waals surface area contributed by atoms with Gasteiger partial charge < -0.3 is 10.1 Å². The van der Waals surface area contributed by atoms with Crippen LogP contribution in [0.25, 0.3) is 0 Å². The van der Waals surface area contributed by atoms with Gasteiger partial charge in [-0.25, -0.2) is 4.79 Å². The fraction of sp³-hybridized carbons (Fsp3) is 0.462. The molecule has 0 bridgehead atoms. The van der Waals surface area contributed by atoms with E-state index in [1.165, 1.54) is 5.56 Å². The summed E-state index contributed by atoms with van der Waals surface area (Å²) in [6, 6.07) is 6.07. The molecule has 4 nitrogen and oxygen atoms in total. The molecule has 17 heavy (non-hydrogen) atoms. The van der Waals surface area contributed by atoms with E-state index in [1.54, 1.807) is 4.90 Å². The molecule has 2 rings (SSSR count). The van der Waals surface area contributed by atoms with Gasteiger partial charge in [-0.05, 0) is 32.5 Å². The summed E-state index contributed by atoms with van der Waals surface area (Å²) in [7, 11) is 1.85. The van der Waals surface area contributed by atoms with Crippen molar-refractivity contribution in [3.8, 4) is 0 Å². The van der Waals surface area contributed by atoms with Crippen LogP contribution in [0.2, 0.25) is 0 Å². The van der Waals surface area contributed by atoms with E-state index in [1.807, 2.05) is 33.0 Å². The van der Waals surface area contributed by atoms with Crippen molar-refractivity contribution in [2.45, 2.75) is 20.0 Å². The van der Waals surface area contributed by atoms with Crippen molar-refractivity contribution in [2.75, 3.05) is 25.0 Å². The maximum atomic E-state index is 11.8. The molecular weight excluding hydrogens is 216 g/mol. The van der Waals surface area contributed by atoms with E-state index in [-0.39, 0.29) is 12.2 Å². The van der Waals surface area contributed by atoms with Gasteiger partial charge in [0.05, 0.1) is 12.2 Å². The highest BCUT2D eigenvalue weighted by Crippen LogP contribution is 2.25. The topological polar surface area (TPSA) is 41.6 Å². The number of nitrogens with zero attached hydrogens (tertiary/aromatic N) is 1. The molecule has 0 spiro atoms. The number of rotatable bonds is 3. The van der Waals surface area contributed by atoms with Crippen molar-refractivity contribution in [3.63, 3.8) is 0 Å². The predicted octanol–water partition coefficient (Wildman–Crippen LogP) is 1.85. The summed E-state index contributed by atoms with van der Waals surface area (Å²) in [5, 5.41) is 3.02. The minimum absolute atomic E-state index is 0.0618. The van der Waals surface area contributed by atoms with Crippen LogP contribution in [0, 0.1) is 13.8 Å². The first-order valence-corrected chi connectivity index (χ1v) is 5.82. The van der Waals surface area contributed by atoms with Gasteiger partial charge in [-0.1, -0.05) is 17.7 Å². The molecule has 1 atom stereocenters. The van der Waals surface area contributed by atoms with Crippen molar-refractivity contribution in [1.29, 1.82) is 0 Å². The number of amides is 1. The molecule has 4 heteroatoms. The quantitative estimate of drug-likeness (QED) is 0.867. The number of carbonyl (C=O) groups is 1. The first-order valence-electron chi connectivity index (χ1n) is 5.82. The zero-order valence-corrected chi connectivity index (χ0v) is 10.5. The van der Waals surface area contributed by atoms with E-state index in [4.69, 9.17) is 4.74 Å². The average molecular weight is 234 g/mol. The van der Waals surface area contributed by atoms with Crippen LogP contribution in [0.1, 0.15) is 11.1 Å². The van der Waals surface area contributed by atoms with Crippen molar-refractivity contribution < 1.29 is 9.53 Å². The first kappa shape index (κ1) is 11.9. The molecule has 1 aromatic carbocycles. The second-order valence-electron chi connectivity index (χ2n) is 4.46. The number of hydrogen-bond acceptors (Lipinski definition) is 3. The van der Waals surface area contributed by atoms with E-state index in [2.05, 4.69) is 11.4 Å². The minimum Gasteiger partial charge on any atom is -0.443 e. The van der Waals surface area contributed by atoms with Crippen molar-refractivity contribution in [2.24, 2.45) is 0 Å². The molecule has 92 valence electrons. The van der Waals surface area contributed by atoms with Gasteiger partial charge in [-0.15, -0.1) is 0 Å². The Morgan fingerprint density at radius 2 is 2.24 bits per heavy atom. The molecule has 1 aliphatic heterocycles. The normalized spacial score (nSPS) is 19.6. The number of likely N-dealkylation sites (N-methyl/N-ethyl adjacent to an activating group) is 1. The predicted molar refractivity (Wildman–Crippen MR) is 67.5 cm³/mol. The van der Waals surface area contributed by atoms with E-state index >= 15 is 0 Å². The van der Waals surface area contributed by atoms with Crippen molar-refractivity contribution in [3.05, 3.63) is 29.3 Å². The molecule has 1 unspecified atom stereocenters. The largest absolute Gasteiger partial charge is 0.443 e. The maximum Gasteiger partial charge on any atom is 0.414 e. The van der Waals surface area contributed by atoms with Crippen LogP contribution in [-0.2, 0) is 4.74 Å². The Labute approximate surface area is 102 Å². The number of anilines is 1. The lowest BCUT2D eigenvalue weighted by Gasteiger charge is -2.16. The molecule has 1 aromatic rings. The third-order valence-electron chi connectivity index (χ3n) is 2.95. The lowest BCUT2D eigenvalue weighted by molar-refractivity contribution is 0.141. The Morgan fingerprint density at radius 3 is 2.88 bits per heavy atom. The molecule has 0 aromatic heterocycles. The van der Waals surface area contributed by atoms with E-state index in [0.29, 0.717) is 13.1 Å². The molecule has 1 saturated heterocycles. The molecule has 1 fully saturated rings. The molecule has 0 saturated carbocycles. The molecule has 0 radical (unpaired) electrons. The van der Waals surface area contributed by atoms with Crippen molar-refractivity contribution >= 4 is 11.8 Å². The summed E-state index contributed by atoms with van der Waals surface area (Å²) in [5.41, 5.74) is 3.25. The van der Waals surface area contributed by atoms with Gasteiger partial charge in [0, 0.05) is 6.54 Å². The highest BCUT2D eigenvalue weighted by Gasteiger charge is 2.32. The minimum atomic E-state index is -0.253. The van der Waals surface area contributed by atoms with Crippen LogP contribution < -0.4 is 10.2 Å². The number of hydrogen-bond donors (Lipinski definition) is 1. The number of carbonyl (C=O) groups excluding carboxylic acids is 1. The van der Waals surface area contributed by atoms with Gasteiger partial charge in [0.25, 0.3) is 0 Å². The van der Waals surface area contributed by atoms with Gasteiger partial charge in [0.1, 0.15) is 6.10 Å². The van der Waals surface area contributed by atoms with Crippen LogP contribution in [0.15, 0.2) is 18.2 Å². The highest BCUT2D eigenvalue weighted by molar-refractivity contribution is 5.90. The van der Waals surface area contributed by atoms with E-state index < -0.39 is 0 Å². The molecular formula is C13H18N2O2. The summed E-state index contributed by atoms with van der Waals surface area (Å²) < 4.78 is 5.28. The first-order chi connectivity index (χ1) is 8.11. The van der Waals surface area contributed by atoms with Gasteiger partial charge in [0.15, 0.2) is 0 Å². The summed E-state index contributed by atoms with van der Waals surface area (Å²) in [6.07, 6.45) is -0.314. The van der Waals surface area contributed by atoms with Crippen LogP contribution >= 0.6 is 0 Å². The lowest BCUT2D eigenvalue weighted by Crippen LogP contribution is -2.29. The number of aryl methyl sites for hydroxylation is 2. The Kier molecular flexibility index (Phi) is 3.33. The second kappa shape index (κ2) is 4.75. The number of cyclic esters (lactones) is 1. The molecule has 1 amide bonds. The standard InChI is InChI=1S/C13H18N2O2/c1-9-4-5-12(10(2)6-9)15-8-11(7-14-3)17-13(15)16/h4-6,11,14H,7-8H2,1-3H3. The van der Waals surface area contributed by atoms with Gasteiger partial charge in [-0.2, -0.15) is 0 Å². The Bertz CT molecular complexity index is 431. The number of nitrogens with one attached hydrogen (secondary N) is 1. The summed E-state index contributed by atoms with van der Waals surface area (Å²) in [4.78, 5) is 13.5. The molecule has 0 aliphatic carbocycles. The van der Waals surface area contributed by atoms with Gasteiger partial charge in [0.2, 0.25) is 0 Å². The summed E-state index contributed by atoms with van der Waals surface area (Å²) in [5.74, 6) is 0. The molecule has 1 heterocycles. The van der Waals surface area contributed by atoms with Crippen molar-refractivity contribution in [1.82, 2.24) is 5.32 Å². The second-order valence-corrected chi connectivity index (χ2v) is 4.46. The SMILES string of the molecule is CNCC1CN(c2ccc(C)cc2C)C(=O)O1. The maximum absolute atomic E-state index is 11.8. The molecule has 1 aliphatic rings. The van der Waals surface area contributed by atoms with Crippen LogP contribution in [0.4, 0.5) is 10.5 Å². The monoisotopic (exact) mass is 234 g/mol. The summed E-state index contributed by atoms with van der Waals surface area (Å²) in [6.45, 7) is 5.36. The third kappa shape index (κ3) is 2.42. The third-order valence-corrected chi connectivity index (χ3v) is 2.95. The van der Waals surface area contributed by atoms with Crippen LogP contribution in [-0.4, -0.2) is 32.3 Å². The Hall–Kier alpha value is -1.55. The van der Waals surface area contributed by atoms with Crippen LogP contribution in [0.3, 0.4) is 0 Å². The van der Waals surface area contributed by atoms with Gasteiger partial charge in [-0.3, -0.25) is 4.90 Å². The smallest absolute Gasteiger partial charge is 0.414 e. The van der Waals surface area contributed by atoms with Crippen LogP contribution in [0.5, 0.6) is 0 Å². The Balaban J connectivity index is 2.20. The fourth-order valence-electron chi connectivity index (χ4n) is 2.16. The zero-order valence-electron chi connectivity index (χ0n) is 10.5. The molecule has 1 N–H and O–H groups in total. The number of benzene rings is 1. The zero-order chi connectivity index (χ0) is 12.4. The highest BCUT2D eigenvalue weighted by atomic mass is 16.6. The fourth-order valence-corrected chi connectivity index (χ4v) is 2.16. The number of ether oxygens (including phenoxy) is 1. The summed E-state index contributed by atoms with van der Waals surface area (Å²) >= 11 is 0. The van der Waals surface area contributed by atoms with E-state index in [0.717, 1.165) is 11.3 Å².